The Labute approximate surface area is 106 Å². The van der Waals surface area contributed by atoms with Gasteiger partial charge in [0.15, 0.2) is 0 Å². The van der Waals surface area contributed by atoms with Gasteiger partial charge in [-0.05, 0) is 34.5 Å². The predicted octanol–water partition coefficient (Wildman–Crippen LogP) is 4.28. The summed E-state index contributed by atoms with van der Waals surface area (Å²) in [6.45, 7) is 7.17. The molecule has 3 heteroatoms. The predicted molar refractivity (Wildman–Crippen MR) is 70.0 cm³/mol. The van der Waals surface area contributed by atoms with Crippen LogP contribution >= 0.6 is 15.9 Å². The van der Waals surface area contributed by atoms with Crippen LogP contribution in [0.3, 0.4) is 0 Å². The van der Waals surface area contributed by atoms with Crippen LogP contribution in [-0.4, -0.2) is 6.54 Å². The average Bonchev–Trinajstić information content (AvgIpc) is 2.29. The van der Waals surface area contributed by atoms with E-state index in [1.165, 1.54) is 0 Å². The van der Waals surface area contributed by atoms with Crippen LogP contribution < -0.4 is 5.32 Å². The first kappa shape index (κ1) is 13.7. The fourth-order valence-corrected chi connectivity index (χ4v) is 2.22. The largest absolute Gasteiger partial charge is 0.310 e. The smallest absolute Gasteiger partial charge is 0.142 e. The van der Waals surface area contributed by atoms with Gasteiger partial charge in [0, 0.05) is 11.6 Å². The molecule has 16 heavy (non-hydrogen) atoms. The van der Waals surface area contributed by atoms with Gasteiger partial charge in [-0.15, -0.1) is 0 Å². The van der Waals surface area contributed by atoms with Crippen molar-refractivity contribution in [2.24, 2.45) is 5.92 Å². The molecule has 2 atom stereocenters. The zero-order chi connectivity index (χ0) is 12.1. The number of rotatable bonds is 5. The summed E-state index contributed by atoms with van der Waals surface area (Å²) in [6, 6.07) is 5.57. The number of hydrogen-bond acceptors (Lipinski definition) is 1. The molecular formula is C13H19BrFN. The van der Waals surface area contributed by atoms with E-state index < -0.39 is 0 Å². The van der Waals surface area contributed by atoms with Crippen LogP contribution in [0.2, 0.25) is 0 Å². The zero-order valence-corrected chi connectivity index (χ0v) is 11.6. The molecule has 0 saturated heterocycles. The third kappa shape index (κ3) is 3.05. The van der Waals surface area contributed by atoms with Crippen molar-refractivity contribution in [1.82, 2.24) is 5.32 Å². The summed E-state index contributed by atoms with van der Waals surface area (Å²) in [5.74, 6) is 0.275. The van der Waals surface area contributed by atoms with Crippen molar-refractivity contribution in [2.45, 2.75) is 33.2 Å². The van der Waals surface area contributed by atoms with E-state index in [0.717, 1.165) is 18.5 Å². The third-order valence-electron chi connectivity index (χ3n) is 2.95. The summed E-state index contributed by atoms with van der Waals surface area (Å²) >= 11 is 3.23. The molecule has 0 amide bonds. The lowest BCUT2D eigenvalue weighted by Gasteiger charge is -2.25. The second-order valence-corrected chi connectivity index (χ2v) is 4.92. The number of benzene rings is 1. The average molecular weight is 288 g/mol. The SMILES string of the molecule is CCNC(c1cccc(Br)c1F)C(C)CC. The van der Waals surface area contributed by atoms with Gasteiger partial charge in [0.25, 0.3) is 0 Å². The van der Waals surface area contributed by atoms with Crippen molar-refractivity contribution in [1.29, 1.82) is 0 Å². The highest BCUT2D eigenvalue weighted by atomic mass is 79.9. The van der Waals surface area contributed by atoms with Crippen molar-refractivity contribution in [3.63, 3.8) is 0 Å². The first-order chi connectivity index (χ1) is 7.61. The van der Waals surface area contributed by atoms with E-state index in [0.29, 0.717) is 10.4 Å². The molecule has 0 aliphatic heterocycles. The fraction of sp³-hybridized carbons (Fsp3) is 0.538. The lowest BCUT2D eigenvalue weighted by molar-refractivity contribution is 0.371. The normalized spacial score (nSPS) is 14.8. The van der Waals surface area contributed by atoms with Crippen LogP contribution in [0.4, 0.5) is 4.39 Å². The van der Waals surface area contributed by atoms with Crippen LogP contribution in [-0.2, 0) is 0 Å². The van der Waals surface area contributed by atoms with Gasteiger partial charge in [0.2, 0.25) is 0 Å². The van der Waals surface area contributed by atoms with Gasteiger partial charge < -0.3 is 5.32 Å². The summed E-state index contributed by atoms with van der Waals surface area (Å²) < 4.78 is 14.5. The Morgan fingerprint density at radius 1 is 1.38 bits per heavy atom. The highest BCUT2D eigenvalue weighted by Crippen LogP contribution is 2.29. The van der Waals surface area contributed by atoms with E-state index in [4.69, 9.17) is 0 Å². The van der Waals surface area contributed by atoms with Gasteiger partial charge in [-0.2, -0.15) is 0 Å². The maximum Gasteiger partial charge on any atom is 0.142 e. The first-order valence-corrected chi connectivity index (χ1v) is 6.58. The Bertz CT molecular complexity index is 341. The van der Waals surface area contributed by atoms with Crippen LogP contribution in [0.1, 0.15) is 38.8 Å². The zero-order valence-electron chi connectivity index (χ0n) is 10.1. The topological polar surface area (TPSA) is 12.0 Å². The molecule has 90 valence electrons. The van der Waals surface area contributed by atoms with Crippen LogP contribution in [0.5, 0.6) is 0 Å². The highest BCUT2D eigenvalue weighted by molar-refractivity contribution is 9.10. The standard InChI is InChI=1S/C13H19BrFN/c1-4-9(3)13(16-5-2)10-7-6-8-11(14)12(10)15/h6-9,13,16H,4-5H2,1-3H3. The quantitative estimate of drug-likeness (QED) is 0.852. The molecule has 0 heterocycles. The molecule has 0 aromatic heterocycles. The molecule has 0 fully saturated rings. The molecule has 1 rings (SSSR count). The van der Waals surface area contributed by atoms with Crippen molar-refractivity contribution in [3.8, 4) is 0 Å². The maximum atomic E-state index is 14.0. The monoisotopic (exact) mass is 287 g/mol. The molecule has 0 aliphatic rings. The Morgan fingerprint density at radius 2 is 2.06 bits per heavy atom. The molecule has 0 aliphatic carbocycles. The summed E-state index contributed by atoms with van der Waals surface area (Å²) in [7, 11) is 0. The number of hydrogen-bond donors (Lipinski definition) is 1. The maximum absolute atomic E-state index is 14.0. The Balaban J connectivity index is 3.05. The molecule has 1 aromatic carbocycles. The van der Waals surface area contributed by atoms with Gasteiger partial charge in [-0.3, -0.25) is 0 Å². The van der Waals surface area contributed by atoms with Crippen molar-refractivity contribution < 1.29 is 4.39 Å². The molecule has 1 N–H and O–H groups in total. The molecule has 0 saturated carbocycles. The van der Waals surface area contributed by atoms with E-state index >= 15 is 0 Å². The van der Waals surface area contributed by atoms with E-state index in [2.05, 4.69) is 35.1 Å². The lowest BCUT2D eigenvalue weighted by atomic mass is 9.92. The van der Waals surface area contributed by atoms with Gasteiger partial charge in [-0.1, -0.05) is 39.3 Å². The third-order valence-corrected chi connectivity index (χ3v) is 3.57. The van der Waals surface area contributed by atoms with Gasteiger partial charge in [-0.25, -0.2) is 4.39 Å². The molecule has 1 aromatic rings. The minimum Gasteiger partial charge on any atom is -0.310 e. The summed E-state index contributed by atoms with van der Waals surface area (Å²) in [4.78, 5) is 0. The van der Waals surface area contributed by atoms with E-state index in [9.17, 15) is 4.39 Å². The second-order valence-electron chi connectivity index (χ2n) is 4.06. The van der Waals surface area contributed by atoms with Crippen molar-refractivity contribution >= 4 is 15.9 Å². The fourth-order valence-electron chi connectivity index (χ4n) is 1.83. The summed E-state index contributed by atoms with van der Waals surface area (Å²) in [5.41, 5.74) is 0.755. The molecular weight excluding hydrogens is 269 g/mol. The second kappa shape index (κ2) is 6.36. The lowest BCUT2D eigenvalue weighted by Crippen LogP contribution is -2.27. The minimum absolute atomic E-state index is 0.0903. The molecule has 2 unspecified atom stereocenters. The van der Waals surface area contributed by atoms with Gasteiger partial charge in [0.05, 0.1) is 4.47 Å². The Kier molecular flexibility index (Phi) is 5.42. The van der Waals surface area contributed by atoms with Gasteiger partial charge in [0.1, 0.15) is 5.82 Å². The molecule has 0 radical (unpaired) electrons. The van der Waals surface area contributed by atoms with E-state index in [1.807, 2.05) is 19.1 Å². The van der Waals surface area contributed by atoms with Crippen LogP contribution in [0, 0.1) is 11.7 Å². The van der Waals surface area contributed by atoms with E-state index in [1.54, 1.807) is 6.07 Å². The number of nitrogens with one attached hydrogen (secondary N) is 1. The van der Waals surface area contributed by atoms with Crippen LogP contribution in [0.15, 0.2) is 22.7 Å². The Morgan fingerprint density at radius 3 is 2.62 bits per heavy atom. The first-order valence-electron chi connectivity index (χ1n) is 5.79. The minimum atomic E-state index is -0.145. The highest BCUT2D eigenvalue weighted by Gasteiger charge is 2.21. The van der Waals surface area contributed by atoms with E-state index in [-0.39, 0.29) is 11.9 Å². The number of halogens is 2. The van der Waals surface area contributed by atoms with Crippen molar-refractivity contribution in [2.75, 3.05) is 6.54 Å². The summed E-state index contributed by atoms with van der Waals surface area (Å²) in [6.07, 6.45) is 1.03. The molecule has 1 nitrogen and oxygen atoms in total. The Hall–Kier alpha value is -0.410. The molecule has 0 spiro atoms. The van der Waals surface area contributed by atoms with Crippen LogP contribution in [0.25, 0.3) is 0 Å². The molecule has 0 bridgehead atoms. The van der Waals surface area contributed by atoms with Crippen molar-refractivity contribution in [3.05, 3.63) is 34.1 Å². The summed E-state index contributed by atoms with van der Waals surface area (Å²) in [5, 5.41) is 3.36. The van der Waals surface area contributed by atoms with Gasteiger partial charge >= 0.3 is 0 Å².